The van der Waals surface area contributed by atoms with Crippen molar-refractivity contribution in [3.8, 4) is 0 Å². The van der Waals surface area contributed by atoms with Crippen LogP contribution in [0.15, 0.2) is 48.6 Å². The van der Waals surface area contributed by atoms with Crippen LogP contribution in [0.4, 0.5) is 0 Å². The highest BCUT2D eigenvalue weighted by Gasteiger charge is 2.26. The first kappa shape index (κ1) is 48.5. The number of aliphatic hydroxyl groups is 1. The second-order valence-electron chi connectivity index (χ2n) is 13.5. The van der Waals surface area contributed by atoms with E-state index in [1.54, 1.807) is 6.08 Å². The van der Waals surface area contributed by atoms with Gasteiger partial charge in [-0.1, -0.05) is 152 Å². The number of aliphatic hydroxyl groups excluding tert-OH is 1. The average Bonchev–Trinajstić information content (AvgIpc) is 3.10. The molecule has 1 amide bonds. The Hall–Kier alpha value is -1.54. The van der Waals surface area contributed by atoms with Crippen LogP contribution in [0.1, 0.15) is 174 Å². The maximum Gasteiger partial charge on any atom is 0.472 e. The molecule has 0 spiro atoms. The van der Waals surface area contributed by atoms with Gasteiger partial charge in [-0.15, -0.1) is 0 Å². The number of nitrogens with two attached hydrogens (primary N) is 1. The van der Waals surface area contributed by atoms with Crippen LogP contribution < -0.4 is 11.1 Å². The SMILES string of the molecule is CCCCC/C=C\C/C=C\CCCCCCCCCC(=O)NC(COP(=O)(O)OCCN)C(O)/C=C/CC/C=C/CCCCCCCCCC. The monoisotopic (exact) mass is 725 g/mol. The quantitative estimate of drug-likeness (QED) is 0.0285. The van der Waals surface area contributed by atoms with Gasteiger partial charge < -0.3 is 21.1 Å². The predicted molar refractivity (Wildman–Crippen MR) is 212 cm³/mol. The summed E-state index contributed by atoms with van der Waals surface area (Å²) in [6.45, 7) is 4.06. The van der Waals surface area contributed by atoms with Gasteiger partial charge in [-0.25, -0.2) is 4.57 Å². The molecule has 3 atom stereocenters. The highest BCUT2D eigenvalue weighted by molar-refractivity contribution is 7.47. The number of hydrogen-bond donors (Lipinski definition) is 4. The Bertz CT molecular complexity index is 923. The molecule has 3 unspecified atom stereocenters. The molecule has 0 radical (unpaired) electrons. The molecular weight excluding hydrogens is 647 g/mol. The van der Waals surface area contributed by atoms with Gasteiger partial charge in [-0.05, 0) is 64.2 Å². The van der Waals surface area contributed by atoms with Gasteiger partial charge in [0.15, 0.2) is 0 Å². The third-order valence-electron chi connectivity index (χ3n) is 8.63. The van der Waals surface area contributed by atoms with Crippen LogP contribution in [-0.4, -0.2) is 47.8 Å². The molecule has 0 aliphatic heterocycles. The standard InChI is InChI=1S/C41H77N2O6P/c1-3-5-7-9-11-13-15-17-19-20-21-23-25-27-29-31-33-35-41(45)43-39(38-49-50(46,47)48-37-36-42)40(44)34-32-30-28-26-24-22-18-16-14-12-10-8-6-4-2/h11,13,17,19,24,26,32,34,39-40,44H,3-10,12,14-16,18,20-23,25,27-31,33,35-38,42H2,1-2H3,(H,43,45)(H,46,47)/b13-11-,19-17-,26-24+,34-32+. The van der Waals surface area contributed by atoms with Crippen LogP contribution in [0.5, 0.6) is 0 Å². The number of hydrogen-bond acceptors (Lipinski definition) is 6. The fraction of sp³-hybridized carbons (Fsp3) is 0.780. The maximum absolute atomic E-state index is 12.7. The summed E-state index contributed by atoms with van der Waals surface area (Å²) in [5.74, 6) is -0.215. The molecule has 0 aromatic carbocycles. The van der Waals surface area contributed by atoms with Crippen LogP contribution in [0.3, 0.4) is 0 Å². The number of amides is 1. The van der Waals surface area contributed by atoms with Gasteiger partial charge in [-0.3, -0.25) is 13.8 Å². The van der Waals surface area contributed by atoms with Gasteiger partial charge in [0.2, 0.25) is 5.91 Å². The highest BCUT2D eigenvalue weighted by Crippen LogP contribution is 2.43. The van der Waals surface area contributed by atoms with E-state index in [1.165, 1.54) is 96.3 Å². The molecule has 0 aromatic heterocycles. The zero-order valence-electron chi connectivity index (χ0n) is 32.1. The second kappa shape index (κ2) is 37.2. The van der Waals surface area contributed by atoms with Crippen molar-refractivity contribution in [2.45, 2.75) is 187 Å². The van der Waals surface area contributed by atoms with E-state index < -0.39 is 20.0 Å². The number of phosphoric acid groups is 1. The Labute approximate surface area is 307 Å². The summed E-state index contributed by atoms with van der Waals surface area (Å²) >= 11 is 0. The highest BCUT2D eigenvalue weighted by atomic mass is 31.2. The molecule has 0 saturated heterocycles. The van der Waals surface area contributed by atoms with E-state index in [0.717, 1.165) is 57.8 Å². The number of unbranched alkanes of at least 4 members (excludes halogenated alkanes) is 19. The Morgan fingerprint density at radius 2 is 1.12 bits per heavy atom. The first-order valence-electron chi connectivity index (χ1n) is 20.3. The second-order valence-corrected chi connectivity index (χ2v) is 14.9. The Morgan fingerprint density at radius 3 is 1.70 bits per heavy atom. The molecule has 5 N–H and O–H groups in total. The molecule has 292 valence electrons. The molecular formula is C41H77N2O6P. The van der Waals surface area contributed by atoms with Crippen LogP contribution in [0.25, 0.3) is 0 Å². The average molecular weight is 725 g/mol. The minimum atomic E-state index is -4.35. The number of phosphoric ester groups is 1. The van der Waals surface area contributed by atoms with Crippen LogP contribution in [0.2, 0.25) is 0 Å². The lowest BCUT2D eigenvalue weighted by molar-refractivity contribution is -0.123. The van der Waals surface area contributed by atoms with Gasteiger partial charge in [0.05, 0.1) is 25.4 Å². The van der Waals surface area contributed by atoms with E-state index in [2.05, 4.69) is 55.6 Å². The van der Waals surface area contributed by atoms with Crippen LogP contribution in [-0.2, 0) is 18.4 Å². The molecule has 0 bridgehead atoms. The van der Waals surface area contributed by atoms with Crippen molar-refractivity contribution in [1.29, 1.82) is 0 Å². The number of rotatable bonds is 37. The van der Waals surface area contributed by atoms with E-state index in [-0.39, 0.29) is 25.7 Å². The fourth-order valence-corrected chi connectivity index (χ4v) is 6.29. The normalized spacial score (nSPS) is 14.7. The first-order chi connectivity index (χ1) is 24.4. The molecule has 0 aliphatic carbocycles. The van der Waals surface area contributed by atoms with E-state index in [0.29, 0.717) is 6.42 Å². The van der Waals surface area contributed by atoms with E-state index >= 15 is 0 Å². The van der Waals surface area contributed by atoms with Crippen molar-refractivity contribution < 1.29 is 28.4 Å². The fourth-order valence-electron chi connectivity index (χ4n) is 5.53. The number of carbonyl (C=O) groups excluding carboxylic acids is 1. The molecule has 8 nitrogen and oxygen atoms in total. The predicted octanol–water partition coefficient (Wildman–Crippen LogP) is 10.9. The number of carbonyl (C=O) groups is 1. The van der Waals surface area contributed by atoms with Crippen molar-refractivity contribution in [2.75, 3.05) is 19.8 Å². The van der Waals surface area contributed by atoms with Gasteiger partial charge in [0.25, 0.3) is 0 Å². The van der Waals surface area contributed by atoms with Gasteiger partial charge in [0.1, 0.15) is 0 Å². The lowest BCUT2D eigenvalue weighted by atomic mass is 10.1. The maximum atomic E-state index is 12.7. The summed E-state index contributed by atoms with van der Waals surface area (Å²) in [7, 11) is -4.35. The summed E-state index contributed by atoms with van der Waals surface area (Å²) < 4.78 is 22.0. The Balaban J connectivity index is 4.33. The number of nitrogens with one attached hydrogen (secondary N) is 1. The van der Waals surface area contributed by atoms with Crippen LogP contribution >= 0.6 is 7.82 Å². The van der Waals surface area contributed by atoms with Crippen molar-refractivity contribution in [3.05, 3.63) is 48.6 Å². The summed E-state index contributed by atoms with van der Waals surface area (Å²) in [5, 5.41) is 13.6. The zero-order chi connectivity index (χ0) is 36.8. The third-order valence-corrected chi connectivity index (χ3v) is 9.61. The summed E-state index contributed by atoms with van der Waals surface area (Å²) in [6.07, 6.45) is 44.4. The van der Waals surface area contributed by atoms with Crippen LogP contribution in [0, 0.1) is 0 Å². The lowest BCUT2D eigenvalue weighted by Crippen LogP contribution is -2.45. The molecule has 0 saturated carbocycles. The smallest absolute Gasteiger partial charge is 0.387 e. The topological polar surface area (TPSA) is 131 Å². The summed E-state index contributed by atoms with van der Waals surface area (Å²) in [5.41, 5.74) is 5.36. The molecule has 0 aliphatic rings. The molecule has 0 heterocycles. The van der Waals surface area contributed by atoms with E-state index in [4.69, 9.17) is 14.8 Å². The molecule has 9 heteroatoms. The minimum absolute atomic E-state index is 0.0711. The number of allylic oxidation sites excluding steroid dienone is 7. The van der Waals surface area contributed by atoms with E-state index in [9.17, 15) is 19.4 Å². The summed E-state index contributed by atoms with van der Waals surface area (Å²) in [6, 6.07) is -0.880. The summed E-state index contributed by atoms with van der Waals surface area (Å²) in [4.78, 5) is 22.6. The first-order valence-corrected chi connectivity index (χ1v) is 21.8. The van der Waals surface area contributed by atoms with Crippen molar-refractivity contribution in [2.24, 2.45) is 5.73 Å². The van der Waals surface area contributed by atoms with Gasteiger partial charge in [0, 0.05) is 13.0 Å². The van der Waals surface area contributed by atoms with E-state index in [1.807, 2.05) is 6.08 Å². The Kier molecular flexibility index (Phi) is 36.1. The third kappa shape index (κ3) is 34.9. The van der Waals surface area contributed by atoms with Crippen molar-refractivity contribution in [3.63, 3.8) is 0 Å². The minimum Gasteiger partial charge on any atom is -0.387 e. The lowest BCUT2D eigenvalue weighted by Gasteiger charge is -2.23. The Morgan fingerprint density at radius 1 is 0.660 bits per heavy atom. The van der Waals surface area contributed by atoms with Crippen molar-refractivity contribution in [1.82, 2.24) is 5.32 Å². The molecule has 0 rings (SSSR count). The zero-order valence-corrected chi connectivity index (χ0v) is 33.0. The van der Waals surface area contributed by atoms with Crippen molar-refractivity contribution >= 4 is 13.7 Å². The molecule has 50 heavy (non-hydrogen) atoms. The van der Waals surface area contributed by atoms with Gasteiger partial charge in [-0.2, -0.15) is 0 Å². The van der Waals surface area contributed by atoms with Gasteiger partial charge >= 0.3 is 7.82 Å². The largest absolute Gasteiger partial charge is 0.472 e. The molecule has 0 aromatic rings. The molecule has 0 fully saturated rings.